The maximum absolute atomic E-state index is 12.1. The lowest BCUT2D eigenvalue weighted by molar-refractivity contribution is -0.117. The molecule has 1 aromatic carbocycles. The summed E-state index contributed by atoms with van der Waals surface area (Å²) in [6.45, 7) is 3.65. The second-order valence-corrected chi connectivity index (χ2v) is 4.79. The van der Waals surface area contributed by atoms with Crippen molar-refractivity contribution in [2.24, 2.45) is 0 Å². The molecule has 0 radical (unpaired) electrons. The highest BCUT2D eigenvalue weighted by molar-refractivity contribution is 5.96. The first kappa shape index (κ1) is 15.3. The molecule has 1 heterocycles. The van der Waals surface area contributed by atoms with Gasteiger partial charge >= 0.3 is 5.97 Å². The standard InChI is InChI=1S/C14H19N3O4/c1-21-12-3-2-10(14(19)20)8-11(12)16-13(18)9-17-6-4-15-5-7-17/h2-3,8,15H,4-7,9H2,1H3,(H,16,18)(H,19,20). The van der Waals surface area contributed by atoms with Gasteiger partial charge in [0.05, 0.1) is 24.9 Å². The van der Waals surface area contributed by atoms with Crippen LogP contribution in [-0.2, 0) is 4.79 Å². The number of aromatic carboxylic acids is 1. The summed E-state index contributed by atoms with van der Waals surface area (Å²) in [7, 11) is 1.47. The minimum Gasteiger partial charge on any atom is -0.495 e. The average Bonchev–Trinajstić information content (AvgIpc) is 2.48. The molecule has 3 N–H and O–H groups in total. The lowest BCUT2D eigenvalue weighted by Crippen LogP contribution is -2.46. The largest absolute Gasteiger partial charge is 0.495 e. The molecule has 0 atom stereocenters. The van der Waals surface area contributed by atoms with Gasteiger partial charge in [0, 0.05) is 26.2 Å². The molecule has 0 aromatic heterocycles. The number of hydrogen-bond donors (Lipinski definition) is 3. The fourth-order valence-electron chi connectivity index (χ4n) is 2.20. The number of carboxylic acids is 1. The normalized spacial score (nSPS) is 15.5. The number of amides is 1. The molecule has 1 amide bonds. The first-order valence-corrected chi connectivity index (χ1v) is 6.74. The van der Waals surface area contributed by atoms with Crippen LogP contribution in [-0.4, -0.2) is 61.7 Å². The number of nitrogens with zero attached hydrogens (tertiary/aromatic N) is 1. The number of carbonyl (C=O) groups excluding carboxylic acids is 1. The van der Waals surface area contributed by atoms with Gasteiger partial charge in [-0.2, -0.15) is 0 Å². The van der Waals surface area contributed by atoms with Gasteiger partial charge in [-0.25, -0.2) is 4.79 Å². The van der Waals surface area contributed by atoms with E-state index in [4.69, 9.17) is 9.84 Å². The zero-order valence-corrected chi connectivity index (χ0v) is 11.9. The summed E-state index contributed by atoms with van der Waals surface area (Å²) in [6, 6.07) is 4.37. The molecule has 0 aliphatic carbocycles. The molecule has 1 aliphatic rings. The molecule has 0 bridgehead atoms. The number of carboxylic acid groups (broad SMARTS) is 1. The first-order valence-electron chi connectivity index (χ1n) is 6.74. The van der Waals surface area contributed by atoms with E-state index in [1.165, 1.54) is 25.3 Å². The van der Waals surface area contributed by atoms with Crippen molar-refractivity contribution in [1.29, 1.82) is 0 Å². The Labute approximate surface area is 122 Å². The van der Waals surface area contributed by atoms with E-state index in [1.54, 1.807) is 0 Å². The molecular weight excluding hydrogens is 274 g/mol. The van der Waals surface area contributed by atoms with E-state index >= 15 is 0 Å². The topological polar surface area (TPSA) is 90.9 Å². The Morgan fingerprint density at radius 1 is 1.38 bits per heavy atom. The second kappa shape index (κ2) is 7.05. The van der Waals surface area contributed by atoms with Crippen LogP contribution in [0.4, 0.5) is 5.69 Å². The Bertz CT molecular complexity index is 527. The zero-order valence-electron chi connectivity index (χ0n) is 11.9. The highest BCUT2D eigenvalue weighted by Crippen LogP contribution is 2.25. The number of methoxy groups -OCH3 is 1. The number of piperazine rings is 1. The van der Waals surface area contributed by atoms with E-state index in [9.17, 15) is 9.59 Å². The lowest BCUT2D eigenvalue weighted by atomic mass is 10.2. The van der Waals surface area contributed by atoms with Crippen molar-refractivity contribution < 1.29 is 19.4 Å². The van der Waals surface area contributed by atoms with E-state index in [0.29, 0.717) is 11.4 Å². The molecule has 1 saturated heterocycles. The molecular formula is C14H19N3O4. The van der Waals surface area contributed by atoms with Gasteiger partial charge in [-0.1, -0.05) is 0 Å². The van der Waals surface area contributed by atoms with E-state index in [1.807, 2.05) is 4.90 Å². The van der Waals surface area contributed by atoms with Crippen LogP contribution in [0.2, 0.25) is 0 Å². The highest BCUT2D eigenvalue weighted by atomic mass is 16.5. The van der Waals surface area contributed by atoms with Crippen molar-refractivity contribution >= 4 is 17.6 Å². The monoisotopic (exact) mass is 293 g/mol. The number of rotatable bonds is 5. The van der Waals surface area contributed by atoms with Crippen molar-refractivity contribution in [3.05, 3.63) is 23.8 Å². The van der Waals surface area contributed by atoms with Gasteiger partial charge in [-0.05, 0) is 18.2 Å². The molecule has 1 fully saturated rings. The van der Waals surface area contributed by atoms with Gasteiger partial charge in [-0.3, -0.25) is 9.69 Å². The van der Waals surface area contributed by atoms with E-state index in [0.717, 1.165) is 26.2 Å². The molecule has 7 nitrogen and oxygen atoms in total. The van der Waals surface area contributed by atoms with Crippen LogP contribution in [0.1, 0.15) is 10.4 Å². The first-order chi connectivity index (χ1) is 10.1. The molecule has 114 valence electrons. The van der Waals surface area contributed by atoms with Crippen LogP contribution in [0.15, 0.2) is 18.2 Å². The number of hydrogen-bond acceptors (Lipinski definition) is 5. The van der Waals surface area contributed by atoms with Gasteiger partial charge in [-0.15, -0.1) is 0 Å². The van der Waals surface area contributed by atoms with Gasteiger partial charge < -0.3 is 20.5 Å². The van der Waals surface area contributed by atoms with E-state index in [-0.39, 0.29) is 18.0 Å². The molecule has 21 heavy (non-hydrogen) atoms. The minimum atomic E-state index is -1.05. The Morgan fingerprint density at radius 3 is 2.71 bits per heavy atom. The Balaban J connectivity index is 2.04. The predicted molar refractivity (Wildman–Crippen MR) is 77.9 cm³/mol. The summed E-state index contributed by atoms with van der Waals surface area (Å²) < 4.78 is 5.14. The maximum atomic E-state index is 12.1. The number of anilines is 1. The van der Waals surface area contributed by atoms with Crippen molar-refractivity contribution in [2.75, 3.05) is 45.2 Å². The maximum Gasteiger partial charge on any atom is 0.335 e. The third-order valence-electron chi connectivity index (χ3n) is 3.30. The summed E-state index contributed by atoms with van der Waals surface area (Å²) >= 11 is 0. The Morgan fingerprint density at radius 2 is 2.10 bits per heavy atom. The summed E-state index contributed by atoms with van der Waals surface area (Å²) in [6.07, 6.45) is 0. The highest BCUT2D eigenvalue weighted by Gasteiger charge is 2.16. The fourth-order valence-corrected chi connectivity index (χ4v) is 2.20. The summed E-state index contributed by atoms with van der Waals surface area (Å²) in [5.74, 6) is -0.790. The van der Waals surface area contributed by atoms with Crippen LogP contribution in [0.5, 0.6) is 5.75 Å². The van der Waals surface area contributed by atoms with Crippen molar-refractivity contribution in [3.63, 3.8) is 0 Å². The van der Waals surface area contributed by atoms with Crippen molar-refractivity contribution in [1.82, 2.24) is 10.2 Å². The minimum absolute atomic E-state index is 0.105. The van der Waals surface area contributed by atoms with E-state index in [2.05, 4.69) is 10.6 Å². The average molecular weight is 293 g/mol. The van der Waals surface area contributed by atoms with E-state index < -0.39 is 5.97 Å². The van der Waals surface area contributed by atoms with Crippen LogP contribution < -0.4 is 15.4 Å². The van der Waals surface area contributed by atoms with Gasteiger partial charge in [0.15, 0.2) is 0 Å². The number of benzene rings is 1. The molecule has 0 unspecified atom stereocenters. The summed E-state index contributed by atoms with van der Waals surface area (Å²) in [4.78, 5) is 25.1. The molecule has 0 spiro atoms. The zero-order chi connectivity index (χ0) is 15.2. The Kier molecular flexibility index (Phi) is 5.13. The number of nitrogens with one attached hydrogen (secondary N) is 2. The van der Waals surface area contributed by atoms with Crippen LogP contribution in [0, 0.1) is 0 Å². The van der Waals surface area contributed by atoms with Crippen LogP contribution >= 0.6 is 0 Å². The summed E-state index contributed by atoms with van der Waals surface area (Å²) in [5.41, 5.74) is 0.478. The third kappa shape index (κ3) is 4.17. The fraction of sp³-hybridized carbons (Fsp3) is 0.429. The molecule has 7 heteroatoms. The second-order valence-electron chi connectivity index (χ2n) is 4.79. The van der Waals surface area contributed by atoms with Crippen molar-refractivity contribution in [2.45, 2.75) is 0 Å². The third-order valence-corrected chi connectivity index (χ3v) is 3.30. The van der Waals surface area contributed by atoms with Gasteiger partial charge in [0.2, 0.25) is 5.91 Å². The van der Waals surface area contributed by atoms with Gasteiger partial charge in [0.1, 0.15) is 5.75 Å². The molecule has 0 saturated carbocycles. The smallest absolute Gasteiger partial charge is 0.335 e. The molecule has 1 aromatic rings. The molecule has 2 rings (SSSR count). The summed E-state index contributed by atoms with van der Waals surface area (Å²) in [5, 5.41) is 14.9. The Hall–Kier alpha value is -2.12. The van der Waals surface area contributed by atoms with Crippen LogP contribution in [0.25, 0.3) is 0 Å². The van der Waals surface area contributed by atoms with Gasteiger partial charge in [0.25, 0.3) is 0 Å². The van der Waals surface area contributed by atoms with Crippen LogP contribution in [0.3, 0.4) is 0 Å². The quantitative estimate of drug-likeness (QED) is 0.720. The SMILES string of the molecule is COc1ccc(C(=O)O)cc1NC(=O)CN1CCNCC1. The number of ether oxygens (including phenoxy) is 1. The predicted octanol–water partition coefficient (Wildman–Crippen LogP) is 0.237. The molecule has 1 aliphatic heterocycles. The lowest BCUT2D eigenvalue weighted by Gasteiger charge is -2.26. The number of carbonyl (C=O) groups is 2. The van der Waals surface area contributed by atoms with Crippen molar-refractivity contribution in [3.8, 4) is 5.75 Å².